The molecule has 1 heterocycles. The molecule has 2 rings (SSSR count). The first-order valence-corrected chi connectivity index (χ1v) is 6.38. The number of hydrogen-bond donors (Lipinski definition) is 0. The maximum Gasteiger partial charge on any atom is 0.417 e. The topological polar surface area (TPSA) is 65.7 Å². The van der Waals surface area contributed by atoms with E-state index in [2.05, 4.69) is 11.3 Å². The molecule has 23 heavy (non-hydrogen) atoms. The summed E-state index contributed by atoms with van der Waals surface area (Å²) < 4.78 is 53.3. The van der Waals surface area contributed by atoms with E-state index in [1.165, 1.54) is 12.1 Å². The van der Waals surface area contributed by atoms with Crippen molar-refractivity contribution in [1.82, 2.24) is 0 Å². The standard InChI is InChI=1S/C15H11F3O5/c1-2-13(19)22-6-5-21-9-3-4-10-11(15(16,17)18)8-14(20)23-12(10)7-9/h2-4,7-8H,1,5-6H2. The van der Waals surface area contributed by atoms with Gasteiger partial charge >= 0.3 is 17.8 Å². The molecular weight excluding hydrogens is 317 g/mol. The van der Waals surface area contributed by atoms with Gasteiger partial charge in [-0.05, 0) is 12.1 Å². The summed E-state index contributed by atoms with van der Waals surface area (Å²) in [7, 11) is 0. The molecular formula is C15H11F3O5. The Morgan fingerprint density at radius 1 is 1.26 bits per heavy atom. The molecule has 122 valence electrons. The van der Waals surface area contributed by atoms with Gasteiger partial charge in [-0.3, -0.25) is 0 Å². The number of benzene rings is 1. The third-order valence-corrected chi connectivity index (χ3v) is 2.78. The van der Waals surface area contributed by atoms with E-state index < -0.39 is 23.3 Å². The fourth-order valence-corrected chi connectivity index (χ4v) is 1.83. The van der Waals surface area contributed by atoms with Crippen molar-refractivity contribution in [3.8, 4) is 5.75 Å². The lowest BCUT2D eigenvalue weighted by atomic mass is 10.1. The first-order chi connectivity index (χ1) is 10.8. The second kappa shape index (κ2) is 6.55. The zero-order chi connectivity index (χ0) is 17.0. The first-order valence-electron chi connectivity index (χ1n) is 6.38. The Kier molecular flexibility index (Phi) is 4.73. The molecule has 0 fully saturated rings. The number of rotatable bonds is 5. The highest BCUT2D eigenvalue weighted by Crippen LogP contribution is 2.34. The molecule has 0 unspecified atom stereocenters. The van der Waals surface area contributed by atoms with Crippen LogP contribution in [-0.4, -0.2) is 19.2 Å². The molecule has 0 bridgehead atoms. The molecule has 0 saturated carbocycles. The highest BCUT2D eigenvalue weighted by molar-refractivity contribution is 5.82. The van der Waals surface area contributed by atoms with Crippen LogP contribution in [-0.2, 0) is 15.7 Å². The Labute approximate surface area is 127 Å². The molecule has 1 aromatic heterocycles. The van der Waals surface area contributed by atoms with Crippen LogP contribution in [0.1, 0.15) is 5.56 Å². The lowest BCUT2D eigenvalue weighted by Gasteiger charge is -2.10. The van der Waals surface area contributed by atoms with Gasteiger partial charge in [-0.1, -0.05) is 6.58 Å². The summed E-state index contributed by atoms with van der Waals surface area (Å²) in [6.45, 7) is 3.14. The van der Waals surface area contributed by atoms with Gasteiger partial charge in [0.25, 0.3) is 0 Å². The Morgan fingerprint density at radius 3 is 2.65 bits per heavy atom. The van der Waals surface area contributed by atoms with E-state index in [0.717, 1.165) is 12.1 Å². The zero-order valence-electron chi connectivity index (χ0n) is 11.7. The largest absolute Gasteiger partial charge is 0.490 e. The number of hydrogen-bond acceptors (Lipinski definition) is 5. The number of halogens is 3. The first kappa shape index (κ1) is 16.6. The fourth-order valence-electron chi connectivity index (χ4n) is 1.83. The fraction of sp³-hybridized carbons (Fsp3) is 0.200. The van der Waals surface area contributed by atoms with Crippen LogP contribution in [0.5, 0.6) is 5.75 Å². The minimum Gasteiger partial charge on any atom is -0.490 e. The number of carbonyl (C=O) groups is 1. The van der Waals surface area contributed by atoms with Crippen LogP contribution in [0.25, 0.3) is 11.0 Å². The summed E-state index contributed by atoms with van der Waals surface area (Å²) in [5.41, 5.74) is -2.43. The molecule has 0 atom stereocenters. The third kappa shape index (κ3) is 4.12. The molecule has 5 nitrogen and oxygen atoms in total. The van der Waals surface area contributed by atoms with Crippen LogP contribution in [0, 0.1) is 0 Å². The van der Waals surface area contributed by atoms with Gasteiger partial charge in [-0.25, -0.2) is 9.59 Å². The van der Waals surface area contributed by atoms with E-state index in [4.69, 9.17) is 9.15 Å². The van der Waals surface area contributed by atoms with Gasteiger partial charge in [0.15, 0.2) is 0 Å². The molecule has 0 spiro atoms. The van der Waals surface area contributed by atoms with Gasteiger partial charge in [-0.15, -0.1) is 0 Å². The average molecular weight is 328 g/mol. The van der Waals surface area contributed by atoms with E-state index in [0.29, 0.717) is 6.07 Å². The maximum absolute atomic E-state index is 12.9. The SMILES string of the molecule is C=CC(=O)OCCOc1ccc2c(C(F)(F)F)cc(=O)oc2c1. The highest BCUT2D eigenvalue weighted by Gasteiger charge is 2.33. The van der Waals surface area contributed by atoms with Gasteiger partial charge in [0.2, 0.25) is 0 Å². The molecule has 0 amide bonds. The van der Waals surface area contributed by atoms with Crippen molar-refractivity contribution in [2.45, 2.75) is 6.18 Å². The molecule has 0 aliphatic heterocycles. The maximum atomic E-state index is 12.9. The van der Waals surface area contributed by atoms with Crippen LogP contribution in [0.4, 0.5) is 13.2 Å². The van der Waals surface area contributed by atoms with Crippen molar-refractivity contribution in [2.24, 2.45) is 0 Å². The van der Waals surface area contributed by atoms with Crippen LogP contribution >= 0.6 is 0 Å². The van der Waals surface area contributed by atoms with Crippen molar-refractivity contribution < 1.29 is 31.9 Å². The summed E-state index contributed by atoms with van der Waals surface area (Å²) in [6.07, 6.45) is -3.68. The van der Waals surface area contributed by atoms with E-state index in [1.54, 1.807) is 0 Å². The molecule has 0 N–H and O–H groups in total. The van der Waals surface area contributed by atoms with Crippen molar-refractivity contribution in [3.63, 3.8) is 0 Å². The second-order valence-electron chi connectivity index (χ2n) is 4.35. The zero-order valence-corrected chi connectivity index (χ0v) is 11.7. The molecule has 0 aliphatic carbocycles. The molecule has 0 saturated heterocycles. The average Bonchev–Trinajstić information content (AvgIpc) is 2.49. The summed E-state index contributed by atoms with van der Waals surface area (Å²) in [4.78, 5) is 22.1. The van der Waals surface area contributed by atoms with Crippen molar-refractivity contribution in [1.29, 1.82) is 0 Å². The van der Waals surface area contributed by atoms with Crippen LogP contribution in [0.15, 0.2) is 46.1 Å². The summed E-state index contributed by atoms with van der Waals surface area (Å²) >= 11 is 0. The molecule has 8 heteroatoms. The quantitative estimate of drug-likeness (QED) is 0.365. The lowest BCUT2D eigenvalue weighted by molar-refractivity contribution is -0.138. The predicted octanol–water partition coefficient (Wildman–Crippen LogP) is 2.92. The Hall–Kier alpha value is -2.77. The predicted molar refractivity (Wildman–Crippen MR) is 74.1 cm³/mol. The van der Waals surface area contributed by atoms with Gasteiger partial charge < -0.3 is 13.9 Å². The number of esters is 1. The molecule has 1 aromatic carbocycles. The minimum absolute atomic E-state index is 0.0196. The Bertz CT molecular complexity index is 792. The van der Waals surface area contributed by atoms with Gasteiger partial charge in [0, 0.05) is 23.6 Å². The van der Waals surface area contributed by atoms with Crippen molar-refractivity contribution in [2.75, 3.05) is 13.2 Å². The van der Waals surface area contributed by atoms with Gasteiger partial charge in [0.05, 0.1) is 5.56 Å². The Morgan fingerprint density at radius 2 is 2.00 bits per heavy atom. The van der Waals surface area contributed by atoms with E-state index in [9.17, 15) is 22.8 Å². The number of alkyl halides is 3. The van der Waals surface area contributed by atoms with Gasteiger partial charge in [-0.2, -0.15) is 13.2 Å². The summed E-state index contributed by atoms with van der Waals surface area (Å²) in [5.74, 6) is -0.442. The third-order valence-electron chi connectivity index (χ3n) is 2.78. The van der Waals surface area contributed by atoms with E-state index in [1.807, 2.05) is 0 Å². The number of ether oxygens (including phenoxy) is 2. The molecule has 0 aliphatic rings. The summed E-state index contributed by atoms with van der Waals surface area (Å²) in [5, 5.41) is -0.248. The lowest BCUT2D eigenvalue weighted by Crippen LogP contribution is -2.11. The highest BCUT2D eigenvalue weighted by atomic mass is 19.4. The Balaban J connectivity index is 2.21. The smallest absolute Gasteiger partial charge is 0.417 e. The molecule has 2 aromatic rings. The van der Waals surface area contributed by atoms with Crippen molar-refractivity contribution >= 4 is 16.9 Å². The van der Waals surface area contributed by atoms with Crippen LogP contribution < -0.4 is 10.4 Å². The van der Waals surface area contributed by atoms with E-state index in [-0.39, 0.29) is 29.9 Å². The number of fused-ring (bicyclic) bond motifs is 1. The summed E-state index contributed by atoms with van der Waals surface area (Å²) in [6, 6.07) is 4.01. The van der Waals surface area contributed by atoms with Crippen molar-refractivity contribution in [3.05, 3.63) is 52.9 Å². The van der Waals surface area contributed by atoms with Crippen LogP contribution in [0.2, 0.25) is 0 Å². The monoisotopic (exact) mass is 328 g/mol. The van der Waals surface area contributed by atoms with Crippen LogP contribution in [0.3, 0.4) is 0 Å². The molecule has 0 radical (unpaired) electrons. The van der Waals surface area contributed by atoms with Gasteiger partial charge in [0.1, 0.15) is 24.5 Å². The normalized spacial score (nSPS) is 11.3. The number of carbonyl (C=O) groups excluding carboxylic acids is 1. The minimum atomic E-state index is -4.67. The second-order valence-corrected chi connectivity index (χ2v) is 4.35. The van der Waals surface area contributed by atoms with E-state index >= 15 is 0 Å².